The average molecular weight is 257 g/mol. The molecule has 0 saturated carbocycles. The van der Waals surface area contributed by atoms with E-state index in [4.69, 9.17) is 9.84 Å². The Morgan fingerprint density at radius 3 is 2.56 bits per heavy atom. The summed E-state index contributed by atoms with van der Waals surface area (Å²) in [7, 11) is 0. The van der Waals surface area contributed by atoms with Gasteiger partial charge in [-0.15, -0.1) is 0 Å². The second kappa shape index (κ2) is 5.59. The maximum absolute atomic E-state index is 11.8. The molecule has 5 heteroatoms. The van der Waals surface area contributed by atoms with Crippen molar-refractivity contribution in [1.29, 1.82) is 0 Å². The zero-order valence-electron chi connectivity index (χ0n) is 11.6. The molecule has 0 aliphatic carbocycles. The topological polar surface area (TPSA) is 66.8 Å². The number of carbonyl (C=O) groups excluding carboxylic acids is 1. The summed E-state index contributed by atoms with van der Waals surface area (Å²) in [6.07, 6.45) is 0.716. The maximum Gasteiger partial charge on any atom is 0.410 e. The molecule has 1 aliphatic heterocycles. The Morgan fingerprint density at radius 2 is 2.06 bits per heavy atom. The number of carbonyl (C=O) groups is 2. The van der Waals surface area contributed by atoms with Gasteiger partial charge < -0.3 is 14.7 Å². The zero-order chi connectivity index (χ0) is 13.9. The standard InChI is InChI=1S/C13H23NO4/c1-9(7-11(15)16)10-5-6-14(8-10)12(17)18-13(2,3)4/h9-10H,5-8H2,1-4H3,(H,15,16). The first-order valence-electron chi connectivity index (χ1n) is 6.39. The third-order valence-corrected chi connectivity index (χ3v) is 3.18. The van der Waals surface area contributed by atoms with Gasteiger partial charge in [0.25, 0.3) is 0 Å². The normalized spacial score (nSPS) is 21.8. The fourth-order valence-corrected chi connectivity index (χ4v) is 2.19. The molecule has 1 heterocycles. The van der Waals surface area contributed by atoms with E-state index in [2.05, 4.69) is 0 Å². The van der Waals surface area contributed by atoms with Crippen molar-refractivity contribution in [2.24, 2.45) is 11.8 Å². The lowest BCUT2D eigenvalue weighted by Gasteiger charge is -2.25. The van der Waals surface area contributed by atoms with Gasteiger partial charge in [0.2, 0.25) is 0 Å². The Hall–Kier alpha value is -1.26. The van der Waals surface area contributed by atoms with Crippen molar-refractivity contribution in [1.82, 2.24) is 4.90 Å². The monoisotopic (exact) mass is 257 g/mol. The maximum atomic E-state index is 11.8. The molecule has 18 heavy (non-hydrogen) atoms. The largest absolute Gasteiger partial charge is 0.481 e. The minimum atomic E-state index is -0.779. The van der Waals surface area contributed by atoms with E-state index in [0.29, 0.717) is 13.1 Å². The summed E-state index contributed by atoms with van der Waals surface area (Å²) in [5.41, 5.74) is -0.484. The van der Waals surface area contributed by atoms with Gasteiger partial charge in [0, 0.05) is 19.5 Å². The van der Waals surface area contributed by atoms with E-state index in [1.165, 1.54) is 0 Å². The molecule has 0 aromatic rings. The second-order valence-electron chi connectivity index (χ2n) is 6.05. The summed E-state index contributed by atoms with van der Waals surface area (Å²) in [4.78, 5) is 24.2. The Balaban J connectivity index is 2.46. The number of carboxylic acids is 1. The number of aliphatic carboxylic acids is 1. The summed E-state index contributed by atoms with van der Waals surface area (Å²) in [5, 5.41) is 8.77. The van der Waals surface area contributed by atoms with Crippen LogP contribution in [0.15, 0.2) is 0 Å². The minimum Gasteiger partial charge on any atom is -0.481 e. The number of ether oxygens (including phenoxy) is 1. The summed E-state index contributed by atoms with van der Waals surface area (Å²) in [6.45, 7) is 8.70. The van der Waals surface area contributed by atoms with Gasteiger partial charge in [-0.25, -0.2) is 4.79 Å². The van der Waals surface area contributed by atoms with Crippen LogP contribution >= 0.6 is 0 Å². The Bertz CT molecular complexity index is 321. The molecule has 0 radical (unpaired) electrons. The lowest BCUT2D eigenvalue weighted by molar-refractivity contribution is -0.138. The van der Waals surface area contributed by atoms with Gasteiger partial charge in [-0.1, -0.05) is 6.92 Å². The third-order valence-electron chi connectivity index (χ3n) is 3.18. The molecule has 0 aromatic heterocycles. The molecule has 1 fully saturated rings. The van der Waals surface area contributed by atoms with E-state index in [9.17, 15) is 9.59 Å². The Kier molecular flexibility index (Phi) is 4.59. The van der Waals surface area contributed by atoms with E-state index in [0.717, 1.165) is 6.42 Å². The number of hydrogen-bond acceptors (Lipinski definition) is 3. The highest BCUT2D eigenvalue weighted by Crippen LogP contribution is 2.27. The molecule has 1 amide bonds. The average Bonchev–Trinajstić information content (AvgIpc) is 2.61. The van der Waals surface area contributed by atoms with Crippen LogP contribution in [-0.4, -0.2) is 40.8 Å². The molecule has 2 atom stereocenters. The van der Waals surface area contributed by atoms with Crippen LogP contribution in [-0.2, 0) is 9.53 Å². The van der Waals surface area contributed by atoms with Crippen LogP contribution in [0.1, 0.15) is 40.5 Å². The van der Waals surface area contributed by atoms with Crippen molar-refractivity contribution >= 4 is 12.1 Å². The number of amides is 1. The number of rotatable bonds is 3. The van der Waals surface area contributed by atoms with Crippen LogP contribution < -0.4 is 0 Å². The van der Waals surface area contributed by atoms with Crippen LogP contribution in [0.4, 0.5) is 4.79 Å². The van der Waals surface area contributed by atoms with Gasteiger partial charge in [0.15, 0.2) is 0 Å². The number of hydrogen-bond donors (Lipinski definition) is 1. The molecule has 0 bridgehead atoms. The molecule has 0 aromatic carbocycles. The van der Waals surface area contributed by atoms with Crippen LogP contribution in [0.25, 0.3) is 0 Å². The predicted octanol–water partition coefficient (Wildman–Crippen LogP) is 2.35. The Labute approximate surface area is 108 Å². The van der Waals surface area contributed by atoms with Gasteiger partial charge in [-0.2, -0.15) is 0 Å². The van der Waals surface area contributed by atoms with Gasteiger partial charge in [-0.05, 0) is 39.0 Å². The highest BCUT2D eigenvalue weighted by atomic mass is 16.6. The molecule has 2 unspecified atom stereocenters. The van der Waals surface area contributed by atoms with Crippen molar-refractivity contribution in [3.63, 3.8) is 0 Å². The van der Waals surface area contributed by atoms with Crippen molar-refractivity contribution in [2.45, 2.75) is 46.1 Å². The van der Waals surface area contributed by atoms with E-state index >= 15 is 0 Å². The number of nitrogens with zero attached hydrogens (tertiary/aromatic N) is 1. The van der Waals surface area contributed by atoms with E-state index in [1.54, 1.807) is 4.90 Å². The van der Waals surface area contributed by atoms with Crippen molar-refractivity contribution in [3.05, 3.63) is 0 Å². The van der Waals surface area contributed by atoms with Crippen LogP contribution in [0.2, 0.25) is 0 Å². The molecule has 0 spiro atoms. The van der Waals surface area contributed by atoms with E-state index in [-0.39, 0.29) is 24.3 Å². The number of likely N-dealkylation sites (tertiary alicyclic amines) is 1. The summed E-state index contributed by atoms with van der Waals surface area (Å²) < 4.78 is 5.30. The van der Waals surface area contributed by atoms with E-state index in [1.807, 2.05) is 27.7 Å². The SMILES string of the molecule is CC(CC(=O)O)C1CCN(C(=O)OC(C)(C)C)C1. The first-order valence-corrected chi connectivity index (χ1v) is 6.39. The molecule has 1 N–H and O–H groups in total. The summed E-state index contributed by atoms with van der Waals surface area (Å²) >= 11 is 0. The highest BCUT2D eigenvalue weighted by Gasteiger charge is 2.32. The van der Waals surface area contributed by atoms with Gasteiger partial charge in [0.1, 0.15) is 5.60 Å². The molecule has 104 valence electrons. The first-order chi connectivity index (χ1) is 8.19. The summed E-state index contributed by atoms with van der Waals surface area (Å²) in [6, 6.07) is 0. The smallest absolute Gasteiger partial charge is 0.410 e. The van der Waals surface area contributed by atoms with Crippen molar-refractivity contribution in [2.75, 3.05) is 13.1 Å². The van der Waals surface area contributed by atoms with Crippen molar-refractivity contribution in [3.8, 4) is 0 Å². The fourth-order valence-electron chi connectivity index (χ4n) is 2.19. The Morgan fingerprint density at radius 1 is 1.44 bits per heavy atom. The second-order valence-corrected chi connectivity index (χ2v) is 6.05. The molecule has 1 rings (SSSR count). The van der Waals surface area contributed by atoms with E-state index < -0.39 is 11.6 Å². The minimum absolute atomic E-state index is 0.0925. The lowest BCUT2D eigenvalue weighted by atomic mass is 9.91. The molecule has 1 saturated heterocycles. The van der Waals surface area contributed by atoms with Crippen LogP contribution in [0.3, 0.4) is 0 Å². The quantitative estimate of drug-likeness (QED) is 0.842. The van der Waals surface area contributed by atoms with Crippen LogP contribution in [0, 0.1) is 11.8 Å². The molecular formula is C13H23NO4. The molecule has 5 nitrogen and oxygen atoms in total. The first kappa shape index (κ1) is 14.8. The fraction of sp³-hybridized carbons (Fsp3) is 0.846. The third kappa shape index (κ3) is 4.55. The lowest BCUT2D eigenvalue weighted by Crippen LogP contribution is -2.35. The van der Waals surface area contributed by atoms with Crippen LogP contribution in [0.5, 0.6) is 0 Å². The van der Waals surface area contributed by atoms with Gasteiger partial charge >= 0.3 is 12.1 Å². The summed E-state index contributed by atoms with van der Waals surface area (Å²) in [5.74, 6) is -0.429. The molecular weight excluding hydrogens is 234 g/mol. The number of carboxylic acid groups (broad SMARTS) is 1. The zero-order valence-corrected chi connectivity index (χ0v) is 11.6. The van der Waals surface area contributed by atoms with Gasteiger partial charge in [-0.3, -0.25) is 4.79 Å². The highest BCUT2D eigenvalue weighted by molar-refractivity contribution is 5.69. The molecule has 1 aliphatic rings. The predicted molar refractivity (Wildman–Crippen MR) is 67.3 cm³/mol. The van der Waals surface area contributed by atoms with Crippen molar-refractivity contribution < 1.29 is 19.4 Å². The van der Waals surface area contributed by atoms with Gasteiger partial charge in [0.05, 0.1) is 0 Å².